The maximum atomic E-state index is 6.45. The number of ether oxygens (including phenoxy) is 2. The van der Waals surface area contributed by atoms with Crippen molar-refractivity contribution in [1.29, 1.82) is 0 Å². The second-order valence-electron chi connectivity index (χ2n) is 5.98. The van der Waals surface area contributed by atoms with Crippen molar-refractivity contribution in [3.8, 4) is 11.5 Å². The molecule has 4 aromatic rings. The molecule has 0 amide bonds. The van der Waals surface area contributed by atoms with Crippen LogP contribution < -0.4 is 14.8 Å². The number of rotatable bonds is 4. The molecule has 0 radical (unpaired) electrons. The van der Waals surface area contributed by atoms with Gasteiger partial charge in [0.2, 0.25) is 0 Å². The van der Waals surface area contributed by atoms with Crippen molar-refractivity contribution in [3.05, 3.63) is 52.4 Å². The number of fused-ring (bicyclic) bond motifs is 3. The highest BCUT2D eigenvalue weighted by molar-refractivity contribution is 6.39. The SMILES string of the molecule is COc1cc2nc(Nc3c(Cl)ccc(C)c3Cl)c3cncn3c2cc1OC. The molecule has 0 aliphatic rings. The molecule has 8 heteroatoms. The Morgan fingerprint density at radius 2 is 1.78 bits per heavy atom. The number of hydrogen-bond acceptors (Lipinski definition) is 5. The van der Waals surface area contributed by atoms with Gasteiger partial charge in [-0.3, -0.25) is 4.40 Å². The minimum absolute atomic E-state index is 0.512. The molecule has 27 heavy (non-hydrogen) atoms. The first kappa shape index (κ1) is 17.7. The third-order valence-corrected chi connectivity index (χ3v) is 5.18. The predicted octanol–water partition coefficient (Wildman–Crippen LogP) is 5.26. The van der Waals surface area contributed by atoms with Crippen LogP contribution in [0.5, 0.6) is 11.5 Å². The summed E-state index contributed by atoms with van der Waals surface area (Å²) in [5.41, 5.74) is 3.85. The molecule has 0 bridgehead atoms. The fraction of sp³-hybridized carbons (Fsp3) is 0.158. The van der Waals surface area contributed by atoms with Crippen molar-refractivity contribution < 1.29 is 9.47 Å². The molecule has 6 nitrogen and oxygen atoms in total. The lowest BCUT2D eigenvalue weighted by Gasteiger charge is -2.15. The fourth-order valence-electron chi connectivity index (χ4n) is 2.96. The summed E-state index contributed by atoms with van der Waals surface area (Å²) in [5.74, 6) is 1.79. The van der Waals surface area contributed by atoms with Crippen molar-refractivity contribution in [2.24, 2.45) is 0 Å². The molecule has 0 saturated carbocycles. The van der Waals surface area contributed by atoms with Crippen LogP contribution in [0.2, 0.25) is 10.0 Å². The van der Waals surface area contributed by atoms with Gasteiger partial charge in [0, 0.05) is 12.1 Å². The summed E-state index contributed by atoms with van der Waals surface area (Å²) in [6.45, 7) is 1.92. The second-order valence-corrected chi connectivity index (χ2v) is 6.77. The van der Waals surface area contributed by atoms with Crippen molar-refractivity contribution in [2.45, 2.75) is 6.92 Å². The molecule has 4 rings (SSSR count). The minimum atomic E-state index is 0.512. The number of hydrogen-bond donors (Lipinski definition) is 1. The zero-order chi connectivity index (χ0) is 19.1. The highest BCUT2D eigenvalue weighted by Crippen LogP contribution is 2.37. The van der Waals surface area contributed by atoms with Crippen molar-refractivity contribution in [1.82, 2.24) is 14.4 Å². The van der Waals surface area contributed by atoms with Crippen molar-refractivity contribution in [3.63, 3.8) is 0 Å². The highest BCUT2D eigenvalue weighted by Gasteiger charge is 2.16. The number of anilines is 2. The fourth-order valence-corrected chi connectivity index (χ4v) is 3.43. The molecule has 0 spiro atoms. The Labute approximate surface area is 165 Å². The number of imidazole rings is 1. The normalized spacial score (nSPS) is 11.1. The Morgan fingerprint density at radius 1 is 1.04 bits per heavy atom. The van der Waals surface area contributed by atoms with Crippen LogP contribution in [0.15, 0.2) is 36.8 Å². The lowest BCUT2D eigenvalue weighted by Crippen LogP contribution is -2.01. The smallest absolute Gasteiger partial charge is 0.163 e. The number of methoxy groups -OCH3 is 2. The first-order valence-electron chi connectivity index (χ1n) is 8.13. The Morgan fingerprint density at radius 3 is 2.52 bits per heavy atom. The second kappa shape index (κ2) is 6.79. The van der Waals surface area contributed by atoms with E-state index in [4.69, 9.17) is 37.7 Å². The quantitative estimate of drug-likeness (QED) is 0.504. The van der Waals surface area contributed by atoms with Gasteiger partial charge in [0.15, 0.2) is 17.3 Å². The van der Waals surface area contributed by atoms with Crippen LogP contribution in [-0.4, -0.2) is 28.6 Å². The van der Waals surface area contributed by atoms with E-state index in [9.17, 15) is 0 Å². The molecule has 2 aromatic heterocycles. The van der Waals surface area contributed by atoms with Crippen molar-refractivity contribution >= 4 is 51.3 Å². The van der Waals surface area contributed by atoms with E-state index in [1.165, 1.54) is 0 Å². The molecule has 138 valence electrons. The predicted molar refractivity (Wildman–Crippen MR) is 108 cm³/mol. The van der Waals surface area contributed by atoms with Gasteiger partial charge in [-0.1, -0.05) is 29.3 Å². The van der Waals surface area contributed by atoms with Gasteiger partial charge < -0.3 is 14.8 Å². The Kier molecular flexibility index (Phi) is 4.45. The van der Waals surface area contributed by atoms with Crippen LogP contribution in [0, 0.1) is 6.92 Å². The van der Waals surface area contributed by atoms with Crippen LogP contribution in [0.3, 0.4) is 0 Å². The molecule has 1 N–H and O–H groups in total. The van der Waals surface area contributed by atoms with Crippen molar-refractivity contribution in [2.75, 3.05) is 19.5 Å². The van der Waals surface area contributed by atoms with E-state index in [0.29, 0.717) is 38.6 Å². The average molecular weight is 403 g/mol. The number of benzene rings is 2. The molecule has 0 aliphatic heterocycles. The van der Waals surface area contributed by atoms with Gasteiger partial charge in [0.05, 0.1) is 53.5 Å². The van der Waals surface area contributed by atoms with Crippen LogP contribution in [0.25, 0.3) is 16.6 Å². The molecular formula is C19H16Cl2N4O2. The van der Waals surface area contributed by atoms with Gasteiger partial charge in [-0.15, -0.1) is 0 Å². The standard InChI is InChI=1S/C19H16Cl2N4O2/c1-10-4-5-11(20)18(17(10)21)24-19-14-8-22-9-25(14)13-7-16(27-3)15(26-2)6-12(13)23-19/h4-9H,1-3H3,(H,23,24). The van der Waals surface area contributed by atoms with E-state index in [2.05, 4.69) is 10.3 Å². The van der Waals surface area contributed by atoms with E-state index in [0.717, 1.165) is 16.6 Å². The summed E-state index contributed by atoms with van der Waals surface area (Å²) in [6.07, 6.45) is 3.44. The average Bonchev–Trinajstić information content (AvgIpc) is 3.17. The number of halogens is 2. The van der Waals surface area contributed by atoms with E-state index >= 15 is 0 Å². The van der Waals surface area contributed by atoms with Crippen LogP contribution in [0.4, 0.5) is 11.5 Å². The van der Waals surface area contributed by atoms with Gasteiger partial charge in [0.1, 0.15) is 5.52 Å². The topological polar surface area (TPSA) is 60.7 Å². The maximum Gasteiger partial charge on any atom is 0.163 e. The van der Waals surface area contributed by atoms with E-state index in [-0.39, 0.29) is 0 Å². The largest absolute Gasteiger partial charge is 0.493 e. The van der Waals surface area contributed by atoms with Gasteiger partial charge in [0.25, 0.3) is 0 Å². The summed E-state index contributed by atoms with van der Waals surface area (Å²) in [5, 5.41) is 4.32. The summed E-state index contributed by atoms with van der Waals surface area (Å²) < 4.78 is 12.7. The minimum Gasteiger partial charge on any atom is -0.493 e. The number of nitrogens with zero attached hydrogens (tertiary/aromatic N) is 3. The summed E-state index contributed by atoms with van der Waals surface area (Å²) in [6, 6.07) is 7.35. The van der Waals surface area contributed by atoms with Crippen LogP contribution in [-0.2, 0) is 0 Å². The number of aryl methyl sites for hydroxylation is 1. The zero-order valence-corrected chi connectivity index (χ0v) is 16.4. The maximum absolute atomic E-state index is 6.45. The molecule has 2 heterocycles. The monoisotopic (exact) mass is 402 g/mol. The van der Waals surface area contributed by atoms with Gasteiger partial charge >= 0.3 is 0 Å². The third-order valence-electron chi connectivity index (χ3n) is 4.38. The Hall–Kier alpha value is -2.70. The number of nitrogens with one attached hydrogen (secondary N) is 1. The summed E-state index contributed by atoms with van der Waals surface area (Å²) >= 11 is 12.8. The van der Waals surface area contributed by atoms with Gasteiger partial charge in [-0.25, -0.2) is 9.97 Å². The van der Waals surface area contributed by atoms with Gasteiger partial charge in [-0.2, -0.15) is 0 Å². The Bertz CT molecular complexity index is 1170. The third kappa shape index (κ3) is 2.91. The van der Waals surface area contributed by atoms with Crippen LogP contribution in [0.1, 0.15) is 5.56 Å². The molecule has 0 atom stereocenters. The zero-order valence-electron chi connectivity index (χ0n) is 14.9. The molecule has 0 aliphatic carbocycles. The van der Waals surface area contributed by atoms with Crippen LogP contribution >= 0.6 is 23.2 Å². The lowest BCUT2D eigenvalue weighted by molar-refractivity contribution is 0.355. The van der Waals surface area contributed by atoms with E-state index in [1.807, 2.05) is 29.5 Å². The summed E-state index contributed by atoms with van der Waals surface area (Å²) in [7, 11) is 3.19. The van der Waals surface area contributed by atoms with Gasteiger partial charge in [-0.05, 0) is 18.6 Å². The van der Waals surface area contributed by atoms with E-state index < -0.39 is 0 Å². The summed E-state index contributed by atoms with van der Waals surface area (Å²) in [4.78, 5) is 9.00. The molecule has 2 aromatic carbocycles. The molecule has 0 unspecified atom stereocenters. The van der Waals surface area contributed by atoms with E-state index in [1.54, 1.807) is 32.8 Å². The molecule has 0 fully saturated rings. The number of aromatic nitrogens is 3. The first-order chi connectivity index (χ1) is 13.0. The highest BCUT2D eigenvalue weighted by atomic mass is 35.5. The lowest BCUT2D eigenvalue weighted by atomic mass is 10.2. The Balaban J connectivity index is 1.96. The first-order valence-corrected chi connectivity index (χ1v) is 8.88. The molecule has 0 saturated heterocycles. The molecular weight excluding hydrogens is 387 g/mol.